The van der Waals surface area contributed by atoms with Gasteiger partial charge in [-0.05, 0) is 51.0 Å². The van der Waals surface area contributed by atoms with Crippen LogP contribution in [0.3, 0.4) is 0 Å². The summed E-state index contributed by atoms with van der Waals surface area (Å²) in [6.45, 7) is 11.0. The second kappa shape index (κ2) is 8.97. The molecule has 0 amide bonds. The smallest absolute Gasteiger partial charge is 0.184 e. The van der Waals surface area contributed by atoms with Gasteiger partial charge in [0, 0.05) is 31.2 Å². The number of nitrogens with zero attached hydrogens (tertiary/aromatic N) is 1. The molecule has 2 atom stereocenters. The molecule has 0 unspecified atom stereocenters. The lowest BCUT2D eigenvalue weighted by Crippen LogP contribution is -2.57. The van der Waals surface area contributed by atoms with Crippen molar-refractivity contribution in [3.05, 3.63) is 23.3 Å². The van der Waals surface area contributed by atoms with Gasteiger partial charge < -0.3 is 14.8 Å². The second-order valence-corrected chi connectivity index (χ2v) is 13.4. The Hall–Kier alpha value is -1.20. The molecule has 0 aliphatic carbocycles. The van der Waals surface area contributed by atoms with Crippen LogP contribution in [0.4, 0.5) is 0 Å². The van der Waals surface area contributed by atoms with E-state index in [1.807, 2.05) is 0 Å². The van der Waals surface area contributed by atoms with Gasteiger partial charge in [-0.15, -0.1) is 0 Å². The standard InChI is InChI=1S/C21H34N2O6S2/c1-15-11-19(16(2)10-18(15)28-5)31(26,27)20-13-30(24,25)12-17(20)22-14-21(3,4)23-6-8-29-9-7-23/h10-11,17,20,22H,6-9,12-14H2,1-5H3/t17-,20-/m0/s1. The number of ether oxygens (including phenoxy) is 2. The summed E-state index contributed by atoms with van der Waals surface area (Å²) in [5.41, 5.74) is 1.00. The number of sulfone groups is 2. The molecule has 8 nitrogen and oxygen atoms in total. The number of hydrogen-bond donors (Lipinski definition) is 1. The summed E-state index contributed by atoms with van der Waals surface area (Å²) in [6, 6.07) is 2.62. The van der Waals surface area contributed by atoms with E-state index in [4.69, 9.17) is 9.47 Å². The Kier molecular flexibility index (Phi) is 7.08. The van der Waals surface area contributed by atoms with Gasteiger partial charge in [-0.3, -0.25) is 4.90 Å². The Morgan fingerprint density at radius 2 is 1.81 bits per heavy atom. The fourth-order valence-electron chi connectivity index (χ4n) is 4.43. The Morgan fingerprint density at radius 1 is 1.16 bits per heavy atom. The number of methoxy groups -OCH3 is 1. The van der Waals surface area contributed by atoms with Gasteiger partial charge in [-0.25, -0.2) is 16.8 Å². The second-order valence-electron chi connectivity index (χ2n) is 9.15. The maximum absolute atomic E-state index is 13.6. The number of hydrogen-bond acceptors (Lipinski definition) is 8. The summed E-state index contributed by atoms with van der Waals surface area (Å²) < 4.78 is 62.7. The minimum absolute atomic E-state index is 0.173. The Bertz CT molecular complexity index is 1010. The molecule has 0 bridgehead atoms. The molecule has 2 fully saturated rings. The highest BCUT2D eigenvalue weighted by molar-refractivity contribution is 7.96. The number of rotatable bonds is 7. The SMILES string of the molecule is COc1cc(C)c(S(=O)(=O)[C@H]2CS(=O)(=O)C[C@@H]2NCC(C)(C)N2CCOCC2)cc1C. The van der Waals surface area contributed by atoms with E-state index in [0.29, 0.717) is 36.6 Å². The fourth-order valence-corrected chi connectivity index (χ4v) is 9.45. The van der Waals surface area contributed by atoms with Gasteiger partial charge in [0.05, 0.1) is 42.0 Å². The molecule has 10 heteroatoms. The Balaban J connectivity index is 1.85. The summed E-state index contributed by atoms with van der Waals surface area (Å²) in [4.78, 5) is 2.46. The Morgan fingerprint density at radius 3 is 2.42 bits per heavy atom. The average molecular weight is 475 g/mol. The van der Waals surface area contributed by atoms with Crippen molar-refractivity contribution in [2.24, 2.45) is 0 Å². The monoisotopic (exact) mass is 474 g/mol. The first kappa shape index (κ1) is 24.4. The molecule has 0 radical (unpaired) electrons. The fraction of sp³-hybridized carbons (Fsp3) is 0.714. The molecule has 1 aromatic carbocycles. The molecule has 2 aliphatic heterocycles. The first-order valence-electron chi connectivity index (χ1n) is 10.5. The zero-order chi connectivity index (χ0) is 23.0. The van der Waals surface area contributed by atoms with Crippen molar-refractivity contribution >= 4 is 19.7 Å². The lowest BCUT2D eigenvalue weighted by atomic mass is 10.0. The number of benzene rings is 1. The summed E-state index contributed by atoms with van der Waals surface area (Å²) >= 11 is 0. The highest BCUT2D eigenvalue weighted by atomic mass is 32.2. The molecule has 2 aliphatic rings. The molecule has 3 rings (SSSR count). The molecular weight excluding hydrogens is 440 g/mol. The van der Waals surface area contributed by atoms with Crippen LogP contribution in [0.2, 0.25) is 0 Å². The van der Waals surface area contributed by atoms with E-state index in [9.17, 15) is 16.8 Å². The third-order valence-corrected chi connectivity index (χ3v) is 10.7. The van der Waals surface area contributed by atoms with Crippen molar-refractivity contribution in [1.82, 2.24) is 10.2 Å². The van der Waals surface area contributed by atoms with Crippen LogP contribution in [-0.4, -0.2) is 90.0 Å². The normalized spacial score (nSPS) is 24.9. The van der Waals surface area contributed by atoms with Gasteiger partial charge in [-0.1, -0.05) is 0 Å². The predicted octanol–water partition coefficient (Wildman–Crippen LogP) is 0.952. The van der Waals surface area contributed by atoms with E-state index in [0.717, 1.165) is 13.1 Å². The van der Waals surface area contributed by atoms with Crippen LogP contribution in [0.15, 0.2) is 17.0 Å². The summed E-state index contributed by atoms with van der Waals surface area (Å²) in [5, 5.41) is 2.27. The molecular formula is C21H34N2O6S2. The van der Waals surface area contributed by atoms with Crippen molar-refractivity contribution in [3.8, 4) is 5.75 Å². The highest BCUT2D eigenvalue weighted by Gasteiger charge is 2.46. The largest absolute Gasteiger partial charge is 0.496 e. The first-order chi connectivity index (χ1) is 14.4. The van der Waals surface area contributed by atoms with Crippen LogP contribution in [-0.2, 0) is 24.4 Å². The lowest BCUT2D eigenvalue weighted by molar-refractivity contribution is -0.0101. The van der Waals surface area contributed by atoms with Gasteiger partial charge in [0.25, 0.3) is 0 Å². The molecule has 2 saturated heterocycles. The maximum atomic E-state index is 13.6. The molecule has 1 aromatic rings. The zero-order valence-electron chi connectivity index (χ0n) is 19.0. The predicted molar refractivity (Wildman–Crippen MR) is 120 cm³/mol. The topological polar surface area (TPSA) is 102 Å². The Labute approximate surface area is 186 Å². The van der Waals surface area contributed by atoms with Gasteiger partial charge >= 0.3 is 0 Å². The highest BCUT2D eigenvalue weighted by Crippen LogP contribution is 2.32. The van der Waals surface area contributed by atoms with E-state index in [1.54, 1.807) is 26.0 Å². The average Bonchev–Trinajstić information content (AvgIpc) is 3.04. The quantitative estimate of drug-likeness (QED) is 0.623. The van der Waals surface area contributed by atoms with Gasteiger partial charge in [0.15, 0.2) is 19.7 Å². The maximum Gasteiger partial charge on any atom is 0.184 e. The summed E-state index contributed by atoms with van der Waals surface area (Å²) in [7, 11) is -5.79. The third-order valence-electron chi connectivity index (χ3n) is 6.36. The van der Waals surface area contributed by atoms with Crippen molar-refractivity contribution in [2.75, 3.05) is 51.5 Å². The minimum atomic E-state index is -3.86. The van der Waals surface area contributed by atoms with Gasteiger partial charge in [0.1, 0.15) is 5.75 Å². The van der Waals surface area contributed by atoms with Crippen molar-refractivity contribution in [2.45, 2.75) is 49.4 Å². The van der Waals surface area contributed by atoms with Crippen LogP contribution in [0, 0.1) is 13.8 Å². The third kappa shape index (κ3) is 5.24. The molecule has 0 saturated carbocycles. The number of nitrogens with one attached hydrogen (secondary N) is 1. The van der Waals surface area contributed by atoms with Crippen LogP contribution < -0.4 is 10.1 Å². The number of morpholine rings is 1. The van der Waals surface area contributed by atoms with E-state index in [1.165, 1.54) is 7.11 Å². The molecule has 1 N–H and O–H groups in total. The number of aryl methyl sites for hydroxylation is 2. The van der Waals surface area contributed by atoms with E-state index >= 15 is 0 Å². The van der Waals surface area contributed by atoms with Crippen LogP contribution in [0.5, 0.6) is 5.75 Å². The lowest BCUT2D eigenvalue weighted by Gasteiger charge is -2.41. The van der Waals surface area contributed by atoms with E-state index in [2.05, 4.69) is 24.1 Å². The first-order valence-corrected chi connectivity index (χ1v) is 13.9. The molecule has 0 spiro atoms. The molecule has 176 valence electrons. The van der Waals surface area contributed by atoms with Crippen LogP contribution >= 0.6 is 0 Å². The van der Waals surface area contributed by atoms with Gasteiger partial charge in [0.2, 0.25) is 0 Å². The van der Waals surface area contributed by atoms with E-state index < -0.39 is 31.0 Å². The summed E-state index contributed by atoms with van der Waals surface area (Å²) in [5.74, 6) is 0.0668. The zero-order valence-corrected chi connectivity index (χ0v) is 20.6. The van der Waals surface area contributed by atoms with Crippen molar-refractivity contribution in [3.63, 3.8) is 0 Å². The van der Waals surface area contributed by atoms with Crippen LogP contribution in [0.1, 0.15) is 25.0 Å². The van der Waals surface area contributed by atoms with E-state index in [-0.39, 0.29) is 21.9 Å². The molecule has 31 heavy (non-hydrogen) atoms. The van der Waals surface area contributed by atoms with Crippen LogP contribution in [0.25, 0.3) is 0 Å². The van der Waals surface area contributed by atoms with Crippen molar-refractivity contribution in [1.29, 1.82) is 0 Å². The van der Waals surface area contributed by atoms with Crippen molar-refractivity contribution < 1.29 is 26.3 Å². The minimum Gasteiger partial charge on any atom is -0.496 e. The summed E-state index contributed by atoms with van der Waals surface area (Å²) in [6.07, 6.45) is 0. The van der Waals surface area contributed by atoms with Gasteiger partial charge in [-0.2, -0.15) is 0 Å². The molecule has 0 aromatic heterocycles. The molecule has 2 heterocycles.